The van der Waals surface area contributed by atoms with E-state index in [0.717, 1.165) is 38.6 Å². The molecule has 720 valence electrons. The highest BCUT2D eigenvalue weighted by Gasteiger charge is 2.49. The van der Waals surface area contributed by atoms with Gasteiger partial charge in [0.05, 0.1) is 43.8 Å². The molecule has 0 unspecified atom stereocenters. The van der Waals surface area contributed by atoms with E-state index in [1.807, 2.05) is 0 Å². The van der Waals surface area contributed by atoms with Crippen LogP contribution in [0.1, 0.15) is 100.0 Å². The Hall–Kier alpha value is -14.0. The number of carboxylic acid groups (broad SMARTS) is 2. The number of halogens is 3. The van der Waals surface area contributed by atoms with Gasteiger partial charge in [0.25, 0.3) is 0 Å². The first-order chi connectivity index (χ1) is 63.5. The number of aromatic hydroxyl groups is 1. The van der Waals surface area contributed by atoms with Crippen molar-refractivity contribution < 1.29 is 125 Å². The molecule has 9 rings (SSSR count). The lowest BCUT2D eigenvalue weighted by molar-refractivity contribution is -0.152. The Bertz CT molecular complexity index is 5310. The zero-order chi connectivity index (χ0) is 98.2. The largest absolute Gasteiger partial charge is 0.508 e. The molecule has 3 aliphatic rings. The summed E-state index contributed by atoms with van der Waals surface area (Å²) in [5, 5.41) is 76.2. The molecule has 4 heterocycles. The number of nitrogens with one attached hydrogen (secondary N) is 10. The lowest BCUT2D eigenvalue weighted by Gasteiger charge is -2.38. The maximum absolute atomic E-state index is 15.7. The van der Waals surface area contributed by atoms with Crippen LogP contribution in [0, 0.1) is 23.4 Å². The summed E-state index contributed by atoms with van der Waals surface area (Å²) in [6.45, 7) is 2.47. The number of phenols is 1. The number of rotatable bonds is 23. The normalized spacial score (nSPS) is 24.5. The van der Waals surface area contributed by atoms with Gasteiger partial charge in [0.15, 0.2) is 17.5 Å². The van der Waals surface area contributed by atoms with E-state index < -0.39 is 315 Å². The topological polar surface area (TPSA) is 601 Å². The third kappa shape index (κ3) is 28.3. The molecule has 15 atom stereocenters. The predicted molar refractivity (Wildman–Crippen MR) is 474 cm³/mol. The summed E-state index contributed by atoms with van der Waals surface area (Å²) in [5.74, 6) is -30.3. The van der Waals surface area contributed by atoms with Gasteiger partial charge in [0.1, 0.15) is 84.3 Å². The van der Waals surface area contributed by atoms with Crippen molar-refractivity contribution in [3.63, 3.8) is 0 Å². The summed E-state index contributed by atoms with van der Waals surface area (Å²) in [4.78, 5) is 269. The fraction of sp³-hybridized carbons (Fsp3) is 0.444. The molecule has 19 N–H and O–H groups in total. The van der Waals surface area contributed by atoms with Crippen LogP contribution in [0.5, 0.6) is 5.75 Å². The number of carbonyl (C=O) groups excluding carboxylic acids is 16. The number of nitrogens with two attached hydrogens (primary N) is 2. The van der Waals surface area contributed by atoms with Crippen molar-refractivity contribution >= 4 is 129 Å². The first-order valence-corrected chi connectivity index (χ1v) is 44.3. The van der Waals surface area contributed by atoms with E-state index in [4.69, 9.17) is 11.5 Å². The van der Waals surface area contributed by atoms with Crippen molar-refractivity contribution in [1.29, 1.82) is 0 Å². The zero-order valence-electron chi connectivity index (χ0n) is 74.1. The Morgan fingerprint density at radius 1 is 0.493 bits per heavy atom. The molecule has 40 nitrogen and oxygen atoms in total. The number of fused-ring (bicyclic) bond motifs is 3. The fourth-order valence-corrected chi connectivity index (χ4v) is 16.9. The van der Waals surface area contributed by atoms with E-state index >= 15 is 51.9 Å². The molecule has 16 amide bonds. The van der Waals surface area contributed by atoms with E-state index in [0.29, 0.717) is 57.9 Å². The van der Waals surface area contributed by atoms with E-state index in [1.165, 1.54) is 51.4 Å². The van der Waals surface area contributed by atoms with E-state index in [1.54, 1.807) is 91.9 Å². The third-order valence-corrected chi connectivity index (χ3v) is 24.2. The summed E-state index contributed by atoms with van der Waals surface area (Å²) in [5.41, 5.74) is 12.5. The Labute approximate surface area is 771 Å². The number of aliphatic hydroxyl groups is 2. The van der Waals surface area contributed by atoms with Gasteiger partial charge in [-0.15, -0.1) is 11.8 Å². The second-order valence-corrected chi connectivity index (χ2v) is 34.5. The number of carboxylic acids is 2. The average molecular weight is 1890 g/mol. The van der Waals surface area contributed by atoms with Gasteiger partial charge in [0, 0.05) is 102 Å². The zero-order valence-corrected chi connectivity index (χ0v) is 74.9. The molecule has 44 heteroatoms. The van der Waals surface area contributed by atoms with Gasteiger partial charge >= 0.3 is 11.9 Å². The molecule has 3 aliphatic heterocycles. The fourth-order valence-electron chi connectivity index (χ4n) is 16.0. The molecule has 0 bridgehead atoms. The SMILES string of the molecule is CCCC[C@H]1C(=O)N2C[C@H](O)C[C@@H]2C(=O)N[C@@H](CC(=O)O)C(=O)N[C@@H](C(C)C)C(=O)N(C)[C@@H](Cc2ccccc2)C(=O)N[C@@H](CC(=O)O)C(=O)N2C[C@H](O)C[C@H]2C(=O)N[C@@H](Cc2c[nH]c3ccccc23)C(=O)N[C@@H](Cc2ccc(O)cc2)C(=O)N[C@@H](CC(N)=O)C(=O)N[C@H](C(=O)NCC(N)=O)CSCC(=O)N[C@@H](Cc2cc(F)c(F)c(F)c2)C(=O)N(C)[C@@H](Cc2ccccc2)C(=O)N1C. The van der Waals surface area contributed by atoms with Crippen LogP contribution in [-0.2, 0) is 118 Å². The standard InChI is InChI=1S/C90H110F3N17O23S/c1-7-8-23-66-89(132)110-43-54(113)36-69(110)85(128)102-62(38-74(117)118)82(125)105-77(46(2)3)90(133)107(5)67(32-47-17-11-9-12-18-47)83(126)103-64(39-75(119)120)87(130)109-42-53(112)35-68(109)84(127)101-60(34-51-40-96-58-22-16-15-21-55(51)58)80(123)99-59(30-49-24-26-52(111)27-25-49)79(122)100-61(37-71(94)114)81(124)104-65(78(121)97-41-72(95)115)44-134-45-73(116)98-63(31-50-28-56(91)76(93)57(92)29-50)86(129)108(6)70(88(131)106(66)4)33-48-19-13-10-14-20-48/h9-22,24-29,40,46,53-54,59-70,77,96,111-113H,7-8,23,30-39,41-45H2,1-6H3,(H2,94,114)(H2,95,115)(H,97,121)(H,98,116)(H,99,123)(H,100,122)(H,101,127)(H,102,128)(H,103,126)(H,104,124)(H,105,125)(H,117,118)(H,119,120)/t53-,54-,59+,60+,61+,62+,63+,64+,65+,66+,67+,68+,69-,70+,77+/m1/s1. The minimum atomic E-state index is -2.14. The number of phenolic OH excluding ortho intramolecular Hbond substituents is 1. The van der Waals surface area contributed by atoms with Gasteiger partial charge in [-0.1, -0.05) is 125 Å². The number of amides is 16. The molecular formula is C90H110F3N17O23S. The number of thioether (sulfide) groups is 1. The number of hydrogen-bond donors (Lipinski definition) is 17. The van der Waals surface area contributed by atoms with Crippen molar-refractivity contribution in [2.24, 2.45) is 17.4 Å². The number of likely N-dealkylation sites (N-methyl/N-ethyl adjacent to an activating group) is 3. The number of aromatic nitrogens is 1. The van der Waals surface area contributed by atoms with Crippen LogP contribution in [0.15, 0.2) is 128 Å². The van der Waals surface area contributed by atoms with Crippen molar-refractivity contribution in [2.75, 3.05) is 52.3 Å². The number of hydrogen-bond acceptors (Lipinski definition) is 22. The van der Waals surface area contributed by atoms with Crippen LogP contribution >= 0.6 is 11.8 Å². The third-order valence-electron chi connectivity index (χ3n) is 23.1. The molecule has 6 aromatic rings. The van der Waals surface area contributed by atoms with Gasteiger partial charge in [-0.3, -0.25) is 86.3 Å². The number of carbonyl (C=O) groups is 18. The number of aliphatic carboxylic acids is 2. The molecule has 0 spiro atoms. The minimum absolute atomic E-state index is 0.171. The second kappa shape index (κ2) is 47.9. The molecule has 5 aromatic carbocycles. The first-order valence-electron chi connectivity index (χ1n) is 43.1. The summed E-state index contributed by atoms with van der Waals surface area (Å²) in [7, 11) is 3.44. The number of aliphatic hydroxyl groups excluding tert-OH is 2. The number of nitrogens with zero attached hydrogens (tertiary/aromatic N) is 5. The van der Waals surface area contributed by atoms with Crippen molar-refractivity contribution in [1.82, 2.24) is 77.3 Å². The molecule has 3 fully saturated rings. The first kappa shape index (κ1) is 104. The molecular weight excluding hydrogens is 1780 g/mol. The molecule has 0 saturated carbocycles. The van der Waals surface area contributed by atoms with E-state index in [-0.39, 0.29) is 30.6 Å². The number of primary amides is 2. The lowest BCUT2D eigenvalue weighted by atomic mass is 9.98. The quantitative estimate of drug-likeness (QED) is 0.0312. The van der Waals surface area contributed by atoms with Crippen LogP contribution in [0.4, 0.5) is 13.2 Å². The van der Waals surface area contributed by atoms with Crippen molar-refractivity contribution in [3.05, 3.63) is 173 Å². The highest BCUT2D eigenvalue weighted by Crippen LogP contribution is 2.29. The Kier molecular flexibility index (Phi) is 37.0. The molecule has 134 heavy (non-hydrogen) atoms. The maximum Gasteiger partial charge on any atom is 0.305 e. The molecule has 0 aliphatic carbocycles. The second-order valence-electron chi connectivity index (χ2n) is 33.5. The van der Waals surface area contributed by atoms with Crippen molar-refractivity contribution in [3.8, 4) is 5.75 Å². The predicted octanol–water partition coefficient (Wildman–Crippen LogP) is -1.89. The smallest absolute Gasteiger partial charge is 0.305 e. The summed E-state index contributed by atoms with van der Waals surface area (Å²) < 4.78 is 45.0. The highest BCUT2D eigenvalue weighted by atomic mass is 32.2. The highest BCUT2D eigenvalue weighted by molar-refractivity contribution is 8.00. The van der Waals surface area contributed by atoms with Crippen LogP contribution in [0.25, 0.3) is 10.9 Å². The number of unbranched alkanes of at least 4 members (excludes halogenated alkanes) is 1. The Morgan fingerprint density at radius 3 is 1.54 bits per heavy atom. The van der Waals surface area contributed by atoms with Crippen LogP contribution < -0.4 is 59.3 Å². The lowest BCUT2D eigenvalue weighted by Crippen LogP contribution is -2.62. The van der Waals surface area contributed by atoms with E-state index in [9.17, 15) is 73.1 Å². The van der Waals surface area contributed by atoms with Gasteiger partial charge in [-0.2, -0.15) is 0 Å². The average Bonchev–Trinajstić information content (AvgIpc) is 1.62. The number of H-pyrrole nitrogens is 1. The molecule has 3 saturated heterocycles. The van der Waals surface area contributed by atoms with Gasteiger partial charge in [-0.25, -0.2) is 13.2 Å². The number of benzene rings is 5. The number of aromatic amines is 1. The minimum Gasteiger partial charge on any atom is -0.508 e. The maximum atomic E-state index is 15.7. The summed E-state index contributed by atoms with van der Waals surface area (Å²) in [6, 6.07) is 4.52. The van der Waals surface area contributed by atoms with Gasteiger partial charge in [0.2, 0.25) is 94.5 Å². The monoisotopic (exact) mass is 1890 g/mol. The summed E-state index contributed by atoms with van der Waals surface area (Å²) >= 11 is 0.545. The summed E-state index contributed by atoms with van der Waals surface area (Å²) in [6.07, 6.45) is -8.36. The van der Waals surface area contributed by atoms with Crippen molar-refractivity contribution in [2.45, 2.75) is 195 Å². The van der Waals surface area contributed by atoms with Crippen LogP contribution in [0.3, 0.4) is 0 Å². The van der Waals surface area contributed by atoms with Crippen LogP contribution in [0.2, 0.25) is 0 Å². The van der Waals surface area contributed by atoms with E-state index in [2.05, 4.69) is 52.8 Å². The number of para-hydroxylation sites is 1. The van der Waals surface area contributed by atoms with Gasteiger partial charge < -0.3 is 114 Å². The molecule has 1 aromatic heterocycles. The van der Waals surface area contributed by atoms with Gasteiger partial charge in [-0.05, 0) is 70.5 Å². The Morgan fingerprint density at radius 2 is 0.970 bits per heavy atom. The van der Waals surface area contributed by atoms with Crippen LogP contribution in [-0.4, -0.2) is 305 Å². The Balaban J connectivity index is 1.14. The molecule has 0 radical (unpaired) electrons.